The van der Waals surface area contributed by atoms with E-state index in [0.717, 1.165) is 5.69 Å². The van der Waals surface area contributed by atoms with Crippen molar-refractivity contribution in [3.8, 4) is 11.3 Å². The van der Waals surface area contributed by atoms with Crippen molar-refractivity contribution in [3.05, 3.63) is 53.0 Å². The van der Waals surface area contributed by atoms with Crippen molar-refractivity contribution in [2.45, 2.75) is 33.1 Å². The molecule has 0 aliphatic rings. The maximum absolute atomic E-state index is 4.62. The summed E-state index contributed by atoms with van der Waals surface area (Å²) in [4.78, 5) is 4.62. The molecular formula is C18H19NS. The van der Waals surface area contributed by atoms with Crippen LogP contribution in [0.25, 0.3) is 21.3 Å². The van der Waals surface area contributed by atoms with Crippen molar-refractivity contribution in [1.29, 1.82) is 0 Å². The standard InChI is InChI=1S/C18H19NS/c1-12-7-14(9-15(8-12)18(2,3)4)16-10-17-13(11-19-16)5-6-20-17/h5-11H,1-4H3. The number of hydrogen-bond acceptors (Lipinski definition) is 2. The second kappa shape index (κ2) is 4.71. The van der Waals surface area contributed by atoms with Gasteiger partial charge in [-0.1, -0.05) is 32.4 Å². The molecule has 0 saturated carbocycles. The van der Waals surface area contributed by atoms with Gasteiger partial charge in [0.05, 0.1) is 5.69 Å². The fourth-order valence-corrected chi connectivity index (χ4v) is 3.17. The molecule has 1 aromatic carbocycles. The van der Waals surface area contributed by atoms with Crippen LogP contribution in [-0.4, -0.2) is 4.98 Å². The van der Waals surface area contributed by atoms with Crippen LogP contribution >= 0.6 is 11.3 Å². The van der Waals surface area contributed by atoms with Crippen LogP contribution in [0.3, 0.4) is 0 Å². The first-order valence-electron chi connectivity index (χ1n) is 6.89. The van der Waals surface area contributed by atoms with Gasteiger partial charge in [-0.05, 0) is 47.5 Å². The van der Waals surface area contributed by atoms with Crippen LogP contribution in [-0.2, 0) is 5.41 Å². The van der Waals surface area contributed by atoms with Gasteiger partial charge >= 0.3 is 0 Å². The summed E-state index contributed by atoms with van der Waals surface area (Å²) in [6, 6.07) is 11.1. The fourth-order valence-electron chi connectivity index (χ4n) is 2.38. The molecule has 0 aliphatic heterocycles. The lowest BCUT2D eigenvalue weighted by atomic mass is 9.85. The van der Waals surface area contributed by atoms with E-state index in [1.165, 1.54) is 26.8 Å². The van der Waals surface area contributed by atoms with Crippen molar-refractivity contribution in [1.82, 2.24) is 4.98 Å². The van der Waals surface area contributed by atoms with Gasteiger partial charge in [-0.3, -0.25) is 4.98 Å². The molecule has 0 amide bonds. The minimum Gasteiger partial charge on any atom is -0.256 e. The normalized spacial score (nSPS) is 12.0. The molecule has 0 spiro atoms. The van der Waals surface area contributed by atoms with Gasteiger partial charge in [-0.2, -0.15) is 0 Å². The highest BCUT2D eigenvalue weighted by molar-refractivity contribution is 7.17. The average Bonchev–Trinajstić information content (AvgIpc) is 2.84. The number of pyridine rings is 1. The maximum atomic E-state index is 4.62. The summed E-state index contributed by atoms with van der Waals surface area (Å²) in [6.07, 6.45) is 1.97. The van der Waals surface area contributed by atoms with Crippen molar-refractivity contribution in [2.75, 3.05) is 0 Å². The van der Waals surface area contributed by atoms with E-state index in [0.29, 0.717) is 0 Å². The first kappa shape index (κ1) is 13.3. The molecule has 2 heterocycles. The van der Waals surface area contributed by atoms with Gasteiger partial charge in [0.2, 0.25) is 0 Å². The quantitative estimate of drug-likeness (QED) is 0.568. The molecule has 102 valence electrons. The Bertz CT molecular complexity index is 762. The summed E-state index contributed by atoms with van der Waals surface area (Å²) >= 11 is 1.77. The zero-order chi connectivity index (χ0) is 14.3. The number of rotatable bonds is 1. The third-order valence-electron chi connectivity index (χ3n) is 3.58. The van der Waals surface area contributed by atoms with Gasteiger partial charge in [-0.15, -0.1) is 11.3 Å². The summed E-state index contributed by atoms with van der Waals surface area (Å²) < 4.78 is 1.30. The van der Waals surface area contributed by atoms with Crippen LogP contribution in [0.2, 0.25) is 0 Å². The van der Waals surface area contributed by atoms with E-state index in [9.17, 15) is 0 Å². The third-order valence-corrected chi connectivity index (χ3v) is 4.46. The Kier molecular flexibility index (Phi) is 3.14. The van der Waals surface area contributed by atoms with Crippen LogP contribution in [0.15, 0.2) is 41.9 Å². The Morgan fingerprint density at radius 1 is 1.05 bits per heavy atom. The van der Waals surface area contributed by atoms with Crippen LogP contribution in [0.1, 0.15) is 31.9 Å². The Labute approximate surface area is 124 Å². The van der Waals surface area contributed by atoms with E-state index in [-0.39, 0.29) is 5.41 Å². The second-order valence-electron chi connectivity index (χ2n) is 6.37. The largest absolute Gasteiger partial charge is 0.256 e. The molecule has 0 N–H and O–H groups in total. The summed E-state index contributed by atoms with van der Waals surface area (Å²) in [7, 11) is 0. The molecule has 2 heteroatoms. The Morgan fingerprint density at radius 3 is 2.60 bits per heavy atom. The molecule has 2 aromatic heterocycles. The Morgan fingerprint density at radius 2 is 1.85 bits per heavy atom. The Balaban J connectivity index is 2.15. The molecule has 3 aromatic rings. The van der Waals surface area contributed by atoms with E-state index in [1.54, 1.807) is 11.3 Å². The summed E-state index contributed by atoms with van der Waals surface area (Å²) in [5, 5.41) is 3.34. The monoisotopic (exact) mass is 281 g/mol. The number of aromatic nitrogens is 1. The van der Waals surface area contributed by atoms with Crippen molar-refractivity contribution in [2.24, 2.45) is 0 Å². The number of nitrogens with zero attached hydrogens (tertiary/aromatic N) is 1. The van der Waals surface area contributed by atoms with E-state index >= 15 is 0 Å². The summed E-state index contributed by atoms with van der Waals surface area (Å²) in [5.74, 6) is 0. The minimum atomic E-state index is 0.161. The minimum absolute atomic E-state index is 0.161. The molecule has 0 atom stereocenters. The molecule has 1 nitrogen and oxygen atoms in total. The predicted octanol–water partition coefficient (Wildman–Crippen LogP) is 5.57. The number of fused-ring (bicyclic) bond motifs is 1. The molecule has 0 bridgehead atoms. The van der Waals surface area contributed by atoms with Gasteiger partial charge < -0.3 is 0 Å². The SMILES string of the molecule is Cc1cc(-c2cc3sccc3cn2)cc(C(C)(C)C)c1. The van der Waals surface area contributed by atoms with Crippen LogP contribution < -0.4 is 0 Å². The van der Waals surface area contributed by atoms with E-state index in [4.69, 9.17) is 0 Å². The lowest BCUT2D eigenvalue weighted by molar-refractivity contribution is 0.590. The van der Waals surface area contributed by atoms with Crippen molar-refractivity contribution in [3.63, 3.8) is 0 Å². The molecule has 0 saturated heterocycles. The first-order valence-corrected chi connectivity index (χ1v) is 7.77. The molecule has 20 heavy (non-hydrogen) atoms. The highest BCUT2D eigenvalue weighted by Crippen LogP contribution is 2.30. The molecule has 3 rings (SSSR count). The van der Waals surface area contributed by atoms with E-state index in [1.807, 2.05) is 6.20 Å². The van der Waals surface area contributed by atoms with Gasteiger partial charge in [0.15, 0.2) is 0 Å². The lowest BCUT2D eigenvalue weighted by Gasteiger charge is -2.20. The number of benzene rings is 1. The number of thiophene rings is 1. The Hall–Kier alpha value is -1.67. The van der Waals surface area contributed by atoms with Gasteiger partial charge in [0.25, 0.3) is 0 Å². The van der Waals surface area contributed by atoms with Crippen molar-refractivity contribution < 1.29 is 0 Å². The highest BCUT2D eigenvalue weighted by atomic mass is 32.1. The van der Waals surface area contributed by atoms with E-state index < -0.39 is 0 Å². The highest BCUT2D eigenvalue weighted by Gasteiger charge is 2.15. The predicted molar refractivity (Wildman–Crippen MR) is 88.5 cm³/mol. The van der Waals surface area contributed by atoms with Crippen LogP contribution in [0.5, 0.6) is 0 Å². The molecule has 0 fully saturated rings. The summed E-state index contributed by atoms with van der Waals surface area (Å²) in [5.41, 5.74) is 5.09. The second-order valence-corrected chi connectivity index (χ2v) is 7.31. The van der Waals surface area contributed by atoms with Gasteiger partial charge in [-0.25, -0.2) is 0 Å². The van der Waals surface area contributed by atoms with Crippen LogP contribution in [0, 0.1) is 6.92 Å². The number of aryl methyl sites for hydroxylation is 1. The smallest absolute Gasteiger partial charge is 0.0716 e. The first-order chi connectivity index (χ1) is 9.43. The molecular weight excluding hydrogens is 262 g/mol. The lowest BCUT2D eigenvalue weighted by Crippen LogP contribution is -2.11. The van der Waals surface area contributed by atoms with Crippen LogP contribution in [0.4, 0.5) is 0 Å². The summed E-state index contributed by atoms with van der Waals surface area (Å²) in [6.45, 7) is 8.91. The topological polar surface area (TPSA) is 12.9 Å². The average molecular weight is 281 g/mol. The molecule has 0 aliphatic carbocycles. The fraction of sp³-hybridized carbons (Fsp3) is 0.278. The van der Waals surface area contributed by atoms with E-state index in [2.05, 4.69) is 68.4 Å². The zero-order valence-electron chi connectivity index (χ0n) is 12.4. The third kappa shape index (κ3) is 2.48. The van der Waals surface area contributed by atoms with Crippen molar-refractivity contribution >= 4 is 21.4 Å². The molecule has 0 unspecified atom stereocenters. The zero-order valence-corrected chi connectivity index (χ0v) is 13.2. The molecule has 0 radical (unpaired) electrons. The van der Waals surface area contributed by atoms with Gasteiger partial charge in [0.1, 0.15) is 0 Å². The van der Waals surface area contributed by atoms with Gasteiger partial charge in [0, 0.05) is 21.8 Å². The maximum Gasteiger partial charge on any atom is 0.0716 e. The number of hydrogen-bond donors (Lipinski definition) is 0.